The SMILES string of the molecule is COCOC1CCN(CCN(CC2CCCCCCC2)C(CCOc2ccc3[nH]c(=O)ccc3c2)NC=S)CC1. The van der Waals surface area contributed by atoms with E-state index in [0.717, 1.165) is 74.6 Å². The van der Waals surface area contributed by atoms with Gasteiger partial charge < -0.3 is 29.4 Å². The molecular formula is C31H48N4O4S. The molecule has 0 radical (unpaired) electrons. The predicted octanol–water partition coefficient (Wildman–Crippen LogP) is 4.92. The van der Waals surface area contributed by atoms with E-state index in [9.17, 15) is 4.79 Å². The first kappa shape index (κ1) is 30.9. The lowest BCUT2D eigenvalue weighted by Gasteiger charge is -2.38. The molecule has 0 spiro atoms. The highest BCUT2D eigenvalue weighted by molar-refractivity contribution is 7.78. The highest BCUT2D eigenvalue weighted by Gasteiger charge is 2.25. The first-order chi connectivity index (χ1) is 19.6. The molecule has 0 bridgehead atoms. The number of methoxy groups -OCH3 is 1. The van der Waals surface area contributed by atoms with Gasteiger partial charge in [-0.2, -0.15) is 0 Å². The van der Waals surface area contributed by atoms with E-state index >= 15 is 0 Å². The average molecular weight is 573 g/mol. The van der Waals surface area contributed by atoms with Crippen LogP contribution in [0.15, 0.2) is 35.1 Å². The molecule has 2 aromatic rings. The number of aromatic amines is 1. The van der Waals surface area contributed by atoms with Crippen LogP contribution in [0.3, 0.4) is 0 Å². The van der Waals surface area contributed by atoms with E-state index in [1.54, 1.807) is 18.7 Å². The Kier molecular flexibility index (Phi) is 13.2. The second-order valence-corrected chi connectivity index (χ2v) is 11.6. The first-order valence-corrected chi connectivity index (χ1v) is 15.6. The molecule has 1 unspecified atom stereocenters. The number of piperidine rings is 1. The maximum Gasteiger partial charge on any atom is 0.248 e. The number of nitrogens with one attached hydrogen (secondary N) is 2. The summed E-state index contributed by atoms with van der Waals surface area (Å²) < 4.78 is 17.1. The highest BCUT2D eigenvalue weighted by atomic mass is 32.1. The second kappa shape index (κ2) is 17.0. The molecule has 1 atom stereocenters. The molecule has 1 aromatic heterocycles. The number of fused-ring (bicyclic) bond motifs is 1. The third-order valence-corrected chi connectivity index (χ3v) is 8.57. The van der Waals surface area contributed by atoms with Crippen LogP contribution in [0.25, 0.3) is 10.9 Å². The predicted molar refractivity (Wildman–Crippen MR) is 165 cm³/mol. The van der Waals surface area contributed by atoms with E-state index < -0.39 is 0 Å². The number of rotatable bonds is 15. The molecule has 40 heavy (non-hydrogen) atoms. The van der Waals surface area contributed by atoms with Gasteiger partial charge in [0.25, 0.3) is 0 Å². The van der Waals surface area contributed by atoms with Crippen molar-refractivity contribution >= 4 is 28.6 Å². The molecule has 8 nitrogen and oxygen atoms in total. The minimum atomic E-state index is -0.0940. The highest BCUT2D eigenvalue weighted by Crippen LogP contribution is 2.25. The molecule has 2 fully saturated rings. The molecule has 1 aromatic carbocycles. The third kappa shape index (κ3) is 10.1. The molecule has 1 aliphatic heterocycles. The Labute approximate surface area is 244 Å². The van der Waals surface area contributed by atoms with Gasteiger partial charge >= 0.3 is 0 Å². The number of hydrogen-bond acceptors (Lipinski definition) is 7. The summed E-state index contributed by atoms with van der Waals surface area (Å²) >= 11 is 5.29. The number of nitrogens with zero attached hydrogens (tertiary/aromatic N) is 2. The van der Waals surface area contributed by atoms with Crippen molar-refractivity contribution in [2.75, 3.05) is 53.2 Å². The van der Waals surface area contributed by atoms with Crippen molar-refractivity contribution in [3.8, 4) is 5.75 Å². The van der Waals surface area contributed by atoms with Crippen LogP contribution in [0.2, 0.25) is 0 Å². The quantitative estimate of drug-likeness (QED) is 0.230. The molecule has 9 heteroatoms. The molecule has 2 heterocycles. The molecule has 1 aliphatic carbocycles. The van der Waals surface area contributed by atoms with Crippen LogP contribution in [0.5, 0.6) is 5.75 Å². The Morgan fingerprint density at radius 1 is 1.10 bits per heavy atom. The maximum atomic E-state index is 11.6. The molecular weight excluding hydrogens is 524 g/mol. The number of thiocarbonyl (C=S) groups is 1. The molecule has 0 amide bonds. The second-order valence-electron chi connectivity index (χ2n) is 11.3. The Morgan fingerprint density at radius 2 is 1.88 bits per heavy atom. The van der Waals surface area contributed by atoms with Gasteiger partial charge in [0.1, 0.15) is 12.5 Å². The number of pyridine rings is 1. The fourth-order valence-corrected chi connectivity index (χ4v) is 6.28. The van der Waals surface area contributed by atoms with Gasteiger partial charge in [-0.15, -0.1) is 0 Å². The lowest BCUT2D eigenvalue weighted by atomic mass is 9.90. The largest absolute Gasteiger partial charge is 0.493 e. The van der Waals surface area contributed by atoms with Crippen LogP contribution in [0, 0.1) is 5.92 Å². The summed E-state index contributed by atoms with van der Waals surface area (Å²) in [5.74, 6) is 1.54. The molecule has 2 N–H and O–H groups in total. The summed E-state index contributed by atoms with van der Waals surface area (Å²) in [5, 5.41) is 4.45. The van der Waals surface area contributed by atoms with Gasteiger partial charge in [-0.25, -0.2) is 0 Å². The zero-order chi connectivity index (χ0) is 28.0. The van der Waals surface area contributed by atoms with Crippen molar-refractivity contribution in [1.82, 2.24) is 20.1 Å². The number of hydrogen-bond donors (Lipinski definition) is 2. The van der Waals surface area contributed by atoms with Crippen molar-refractivity contribution in [3.05, 3.63) is 40.7 Å². The fraction of sp³-hybridized carbons (Fsp3) is 0.677. The monoisotopic (exact) mass is 572 g/mol. The number of likely N-dealkylation sites (tertiary alicyclic amines) is 1. The summed E-state index contributed by atoms with van der Waals surface area (Å²) in [4.78, 5) is 19.7. The minimum Gasteiger partial charge on any atom is -0.493 e. The Hall–Kier alpha value is -2.04. The number of aromatic nitrogens is 1. The van der Waals surface area contributed by atoms with Crippen molar-refractivity contribution in [2.45, 2.75) is 76.5 Å². The van der Waals surface area contributed by atoms with Gasteiger partial charge in [-0.05, 0) is 55.9 Å². The molecule has 4 rings (SSSR count). The van der Waals surface area contributed by atoms with Crippen LogP contribution in [0.1, 0.15) is 64.2 Å². The van der Waals surface area contributed by atoms with Gasteiger partial charge in [0, 0.05) is 63.2 Å². The molecule has 1 saturated heterocycles. The van der Waals surface area contributed by atoms with Gasteiger partial charge in [0.15, 0.2) is 0 Å². The van der Waals surface area contributed by atoms with Crippen LogP contribution >= 0.6 is 12.2 Å². The van der Waals surface area contributed by atoms with Crippen LogP contribution in [0.4, 0.5) is 0 Å². The number of ether oxygens (including phenoxy) is 3. The van der Waals surface area contributed by atoms with E-state index in [1.165, 1.54) is 44.9 Å². The summed E-state index contributed by atoms with van der Waals surface area (Å²) in [6, 6.07) is 9.20. The summed E-state index contributed by atoms with van der Waals surface area (Å²) in [6.45, 7) is 6.23. The van der Waals surface area contributed by atoms with Crippen molar-refractivity contribution in [1.29, 1.82) is 0 Å². The van der Waals surface area contributed by atoms with E-state index in [2.05, 4.69) is 20.1 Å². The molecule has 222 valence electrons. The fourth-order valence-electron chi connectivity index (χ4n) is 6.12. The van der Waals surface area contributed by atoms with Crippen molar-refractivity contribution < 1.29 is 14.2 Å². The van der Waals surface area contributed by atoms with E-state index in [0.29, 0.717) is 19.5 Å². The minimum absolute atomic E-state index is 0.0940. The Morgan fingerprint density at radius 3 is 2.62 bits per heavy atom. The molecule has 1 saturated carbocycles. The van der Waals surface area contributed by atoms with E-state index in [-0.39, 0.29) is 11.7 Å². The van der Waals surface area contributed by atoms with Crippen molar-refractivity contribution in [2.24, 2.45) is 5.92 Å². The summed E-state index contributed by atoms with van der Waals surface area (Å²) in [6.07, 6.45) is 12.8. The lowest BCUT2D eigenvalue weighted by molar-refractivity contribution is -0.0890. The Bertz CT molecular complexity index is 1070. The van der Waals surface area contributed by atoms with Crippen LogP contribution in [-0.4, -0.2) is 85.8 Å². The van der Waals surface area contributed by atoms with Gasteiger partial charge in [-0.1, -0.05) is 44.3 Å². The lowest BCUT2D eigenvalue weighted by Crippen LogP contribution is -2.51. The maximum absolute atomic E-state index is 11.6. The van der Waals surface area contributed by atoms with Gasteiger partial charge in [0.2, 0.25) is 5.56 Å². The number of H-pyrrole nitrogens is 1. The first-order valence-electron chi connectivity index (χ1n) is 15.2. The summed E-state index contributed by atoms with van der Waals surface area (Å²) in [5.41, 5.74) is 2.39. The Balaban J connectivity index is 1.35. The standard InChI is InChI=1S/C31H48N4O4S/c1-37-24-39-27-13-16-34(17-14-27)18-19-35(22-25-7-5-3-2-4-6-8-25)30(32-23-40)15-20-38-28-10-11-29-26(21-28)9-12-31(36)33-29/h9-12,21,23,25,27,30H,2-8,13-20,22,24H2,1H3,(H,32,40)(H,33,36). The average Bonchev–Trinajstić information content (AvgIpc) is 2.95. The molecule has 2 aliphatic rings. The van der Waals surface area contributed by atoms with E-state index in [4.69, 9.17) is 26.4 Å². The number of benzene rings is 1. The van der Waals surface area contributed by atoms with E-state index in [1.807, 2.05) is 24.3 Å². The zero-order valence-electron chi connectivity index (χ0n) is 24.2. The topological polar surface area (TPSA) is 79.1 Å². The van der Waals surface area contributed by atoms with Gasteiger partial charge in [-0.3, -0.25) is 9.69 Å². The zero-order valence-corrected chi connectivity index (χ0v) is 25.0. The third-order valence-electron chi connectivity index (χ3n) is 8.43. The summed E-state index contributed by atoms with van der Waals surface area (Å²) in [7, 11) is 1.68. The van der Waals surface area contributed by atoms with Crippen LogP contribution in [-0.2, 0) is 9.47 Å². The van der Waals surface area contributed by atoms with Crippen LogP contribution < -0.4 is 15.6 Å². The normalized spacial score (nSPS) is 18.9. The van der Waals surface area contributed by atoms with Gasteiger partial charge in [0.05, 0.1) is 24.4 Å². The van der Waals surface area contributed by atoms with Crippen molar-refractivity contribution in [3.63, 3.8) is 0 Å². The smallest absolute Gasteiger partial charge is 0.248 e.